The van der Waals surface area contributed by atoms with Crippen LogP contribution in [-0.2, 0) is 4.79 Å². The Morgan fingerprint density at radius 1 is 1.35 bits per heavy atom. The van der Waals surface area contributed by atoms with Crippen molar-refractivity contribution in [3.05, 3.63) is 41.7 Å². The zero-order valence-electron chi connectivity index (χ0n) is 12.1. The van der Waals surface area contributed by atoms with Crippen LogP contribution in [0.2, 0.25) is 0 Å². The minimum Gasteiger partial charge on any atom is -0.509 e. The highest BCUT2D eigenvalue weighted by Crippen LogP contribution is 2.23. The van der Waals surface area contributed by atoms with E-state index < -0.39 is 0 Å². The van der Waals surface area contributed by atoms with Crippen molar-refractivity contribution in [2.45, 2.75) is 33.2 Å². The van der Waals surface area contributed by atoms with Crippen molar-refractivity contribution < 1.29 is 9.90 Å². The normalized spacial score (nSPS) is 19.7. The second-order valence-electron chi connectivity index (χ2n) is 5.45. The van der Waals surface area contributed by atoms with Crippen LogP contribution in [0.1, 0.15) is 27.2 Å². The van der Waals surface area contributed by atoms with Gasteiger partial charge < -0.3 is 10.4 Å². The molecule has 1 aliphatic rings. The lowest BCUT2D eigenvalue weighted by molar-refractivity contribution is -0.116. The zero-order chi connectivity index (χ0) is 14.7. The van der Waals surface area contributed by atoms with Gasteiger partial charge in [0.15, 0.2) is 0 Å². The van der Waals surface area contributed by atoms with Crippen LogP contribution in [0, 0.1) is 5.92 Å². The van der Waals surface area contributed by atoms with Crippen molar-refractivity contribution in [1.82, 2.24) is 5.32 Å². The van der Waals surface area contributed by atoms with Crippen molar-refractivity contribution in [3.63, 3.8) is 0 Å². The third-order valence-corrected chi connectivity index (χ3v) is 3.24. The first-order chi connectivity index (χ1) is 9.49. The lowest BCUT2D eigenvalue weighted by atomic mass is 10.0. The number of amides is 1. The number of aliphatic imine (C=N–C) groups is 1. The molecule has 4 nitrogen and oxygen atoms in total. The third-order valence-electron chi connectivity index (χ3n) is 3.24. The second-order valence-corrected chi connectivity index (χ2v) is 5.45. The number of aliphatic hydroxyl groups is 1. The van der Waals surface area contributed by atoms with Crippen LogP contribution in [0.15, 0.2) is 46.7 Å². The van der Waals surface area contributed by atoms with E-state index in [1.807, 2.05) is 30.3 Å². The molecule has 0 aliphatic carbocycles. The van der Waals surface area contributed by atoms with Gasteiger partial charge in [-0.1, -0.05) is 32.0 Å². The number of para-hydroxylation sites is 1. The zero-order valence-corrected chi connectivity index (χ0v) is 12.1. The van der Waals surface area contributed by atoms with Gasteiger partial charge in [0.25, 0.3) is 5.91 Å². The van der Waals surface area contributed by atoms with Gasteiger partial charge in [0.05, 0.1) is 17.4 Å². The molecule has 0 spiro atoms. The average Bonchev–Trinajstić information content (AvgIpc) is 2.64. The number of rotatable bonds is 4. The van der Waals surface area contributed by atoms with Gasteiger partial charge in [0, 0.05) is 0 Å². The first-order valence-corrected chi connectivity index (χ1v) is 6.83. The molecular formula is C16H20N2O2. The Morgan fingerprint density at radius 2 is 2.00 bits per heavy atom. The molecule has 4 heteroatoms. The van der Waals surface area contributed by atoms with Crippen LogP contribution >= 0.6 is 0 Å². The SMILES string of the molecule is CC(=Nc1ccccc1)C1=C(O)[C@H](CC(C)C)NC1=O. The maximum Gasteiger partial charge on any atom is 0.257 e. The highest BCUT2D eigenvalue weighted by atomic mass is 16.3. The molecule has 1 aromatic rings. The fourth-order valence-electron chi connectivity index (χ4n) is 2.33. The molecule has 1 aromatic carbocycles. The minimum atomic E-state index is -0.293. The van der Waals surface area contributed by atoms with Crippen LogP contribution in [0.3, 0.4) is 0 Å². The molecule has 0 radical (unpaired) electrons. The second kappa shape index (κ2) is 5.90. The summed E-state index contributed by atoms with van der Waals surface area (Å²) in [5.41, 5.74) is 1.61. The number of hydrogen-bond donors (Lipinski definition) is 2. The Kier molecular flexibility index (Phi) is 4.23. The fraction of sp³-hybridized carbons (Fsp3) is 0.375. The van der Waals surface area contributed by atoms with Gasteiger partial charge in [-0.15, -0.1) is 0 Å². The summed E-state index contributed by atoms with van der Waals surface area (Å²) in [4.78, 5) is 16.4. The first kappa shape index (κ1) is 14.3. The Balaban J connectivity index is 2.28. The van der Waals surface area contributed by atoms with E-state index in [2.05, 4.69) is 24.2 Å². The van der Waals surface area contributed by atoms with E-state index >= 15 is 0 Å². The molecule has 2 N–H and O–H groups in total. The molecule has 0 aromatic heterocycles. The van der Waals surface area contributed by atoms with Gasteiger partial charge in [-0.2, -0.15) is 0 Å². The molecule has 0 bridgehead atoms. The van der Waals surface area contributed by atoms with Crippen molar-refractivity contribution >= 4 is 17.3 Å². The topological polar surface area (TPSA) is 61.7 Å². The summed E-state index contributed by atoms with van der Waals surface area (Å²) >= 11 is 0. The van der Waals surface area contributed by atoms with Crippen molar-refractivity contribution in [3.8, 4) is 0 Å². The maximum absolute atomic E-state index is 12.0. The van der Waals surface area contributed by atoms with Gasteiger partial charge in [-0.05, 0) is 31.4 Å². The predicted octanol–water partition coefficient (Wildman–Crippen LogP) is 3.14. The lowest BCUT2D eigenvalue weighted by Crippen LogP contribution is -2.30. The molecule has 0 saturated heterocycles. The van der Waals surface area contributed by atoms with Crippen molar-refractivity contribution in [2.24, 2.45) is 10.9 Å². The van der Waals surface area contributed by atoms with E-state index in [1.165, 1.54) is 0 Å². The maximum atomic E-state index is 12.0. The molecule has 0 unspecified atom stereocenters. The lowest BCUT2D eigenvalue weighted by Gasteiger charge is -2.13. The third kappa shape index (κ3) is 3.07. The molecule has 1 heterocycles. The van der Waals surface area contributed by atoms with Gasteiger partial charge in [-0.3, -0.25) is 9.79 Å². The highest BCUT2D eigenvalue weighted by molar-refractivity contribution is 6.23. The number of benzene rings is 1. The molecule has 0 fully saturated rings. The number of carbonyl (C=O) groups is 1. The van der Waals surface area contributed by atoms with E-state index in [-0.39, 0.29) is 17.7 Å². The van der Waals surface area contributed by atoms with E-state index in [0.29, 0.717) is 17.2 Å². The Hall–Kier alpha value is -2.10. The summed E-state index contributed by atoms with van der Waals surface area (Å²) in [6, 6.07) is 9.11. The van der Waals surface area contributed by atoms with Gasteiger partial charge >= 0.3 is 0 Å². The Labute approximate surface area is 119 Å². The molecule has 1 amide bonds. The summed E-state index contributed by atoms with van der Waals surface area (Å²) in [6.45, 7) is 5.86. The van der Waals surface area contributed by atoms with Crippen LogP contribution in [-0.4, -0.2) is 22.8 Å². The van der Waals surface area contributed by atoms with Crippen LogP contribution < -0.4 is 5.32 Å². The predicted molar refractivity (Wildman–Crippen MR) is 80.3 cm³/mol. The average molecular weight is 272 g/mol. The number of nitrogens with zero attached hydrogens (tertiary/aromatic N) is 1. The molecule has 1 atom stereocenters. The smallest absolute Gasteiger partial charge is 0.257 e. The first-order valence-electron chi connectivity index (χ1n) is 6.83. The Morgan fingerprint density at radius 3 is 2.60 bits per heavy atom. The standard InChI is InChI=1S/C16H20N2O2/c1-10(2)9-13-15(19)14(16(20)18-13)11(3)17-12-7-5-4-6-8-12/h4-8,10,13,19H,9H2,1-3H3,(H,18,20)/t13-/m0/s1. The van der Waals surface area contributed by atoms with E-state index in [0.717, 1.165) is 12.1 Å². The molecule has 1 aliphatic heterocycles. The highest BCUT2D eigenvalue weighted by Gasteiger charge is 2.33. The summed E-state index contributed by atoms with van der Waals surface area (Å²) < 4.78 is 0. The van der Waals surface area contributed by atoms with Crippen LogP contribution in [0.25, 0.3) is 0 Å². The van der Waals surface area contributed by atoms with Crippen molar-refractivity contribution in [1.29, 1.82) is 0 Å². The van der Waals surface area contributed by atoms with Gasteiger partial charge in [-0.25, -0.2) is 0 Å². The number of aliphatic hydroxyl groups excluding tert-OH is 1. The minimum absolute atomic E-state index is 0.112. The molecule has 0 saturated carbocycles. The quantitative estimate of drug-likeness (QED) is 0.827. The van der Waals surface area contributed by atoms with Crippen molar-refractivity contribution in [2.75, 3.05) is 0 Å². The summed E-state index contributed by atoms with van der Waals surface area (Å²) in [6.07, 6.45) is 0.722. The summed E-state index contributed by atoms with van der Waals surface area (Å²) in [5.74, 6) is 0.263. The largest absolute Gasteiger partial charge is 0.509 e. The molecule has 20 heavy (non-hydrogen) atoms. The fourth-order valence-corrected chi connectivity index (χ4v) is 2.33. The Bertz CT molecular complexity index is 559. The van der Waals surface area contributed by atoms with E-state index in [4.69, 9.17) is 0 Å². The monoisotopic (exact) mass is 272 g/mol. The van der Waals surface area contributed by atoms with Gasteiger partial charge in [0.1, 0.15) is 11.3 Å². The number of nitrogens with one attached hydrogen (secondary N) is 1. The molecule has 2 rings (SSSR count). The number of hydrogen-bond acceptors (Lipinski definition) is 3. The van der Waals surface area contributed by atoms with Gasteiger partial charge in [0.2, 0.25) is 0 Å². The van der Waals surface area contributed by atoms with Crippen LogP contribution in [0.5, 0.6) is 0 Å². The summed E-state index contributed by atoms with van der Waals surface area (Å²) in [7, 11) is 0. The molecular weight excluding hydrogens is 252 g/mol. The molecule has 106 valence electrons. The van der Waals surface area contributed by atoms with E-state index in [9.17, 15) is 9.90 Å². The van der Waals surface area contributed by atoms with Crippen LogP contribution in [0.4, 0.5) is 5.69 Å². The summed E-state index contributed by atoms with van der Waals surface area (Å²) in [5, 5.41) is 13.0. The number of carbonyl (C=O) groups excluding carboxylic acids is 1. The van der Waals surface area contributed by atoms with E-state index in [1.54, 1.807) is 6.92 Å².